The molecule has 1 saturated heterocycles. The first-order valence-electron chi connectivity index (χ1n) is 8.82. The van der Waals surface area contributed by atoms with Crippen LogP contribution in [0.5, 0.6) is 0 Å². The number of piperidine rings is 1. The molecule has 142 valence electrons. The van der Waals surface area contributed by atoms with Gasteiger partial charge in [0.1, 0.15) is 5.69 Å². The summed E-state index contributed by atoms with van der Waals surface area (Å²) < 4.78 is 32.6. The lowest BCUT2D eigenvalue weighted by molar-refractivity contribution is 0.182. The maximum Gasteiger partial charge on any atom is 0.273 e. The molecule has 1 fully saturated rings. The number of hydrogen-bond acceptors (Lipinski definition) is 6. The van der Waals surface area contributed by atoms with Crippen LogP contribution in [0, 0.1) is 5.92 Å². The van der Waals surface area contributed by atoms with E-state index in [9.17, 15) is 13.2 Å². The molecule has 3 rings (SSSR count). The molecular weight excluding hydrogens is 356 g/mol. The predicted octanol–water partition coefficient (Wildman–Crippen LogP) is 1.43. The van der Waals surface area contributed by atoms with Gasteiger partial charge in [-0.2, -0.15) is 5.10 Å². The molecule has 3 heterocycles. The molecule has 0 amide bonds. The summed E-state index contributed by atoms with van der Waals surface area (Å²) in [5, 5.41) is 5.95. The third kappa shape index (κ3) is 4.80. The van der Waals surface area contributed by atoms with Gasteiger partial charge >= 0.3 is 0 Å². The van der Waals surface area contributed by atoms with E-state index in [1.807, 2.05) is 0 Å². The van der Waals surface area contributed by atoms with Gasteiger partial charge in [-0.1, -0.05) is 6.92 Å². The van der Waals surface area contributed by atoms with Crippen molar-refractivity contribution in [3.63, 3.8) is 0 Å². The van der Waals surface area contributed by atoms with Gasteiger partial charge in [0, 0.05) is 19.2 Å². The molecule has 1 atom stereocenters. The fraction of sp³-hybridized carbons (Fsp3) is 0.529. The van der Waals surface area contributed by atoms with Gasteiger partial charge in [-0.15, -0.1) is 0 Å². The highest BCUT2D eigenvalue weighted by Gasteiger charge is 2.20. The van der Waals surface area contributed by atoms with Gasteiger partial charge in [-0.25, -0.2) is 18.2 Å². The average Bonchev–Trinajstić information content (AvgIpc) is 3.11. The highest BCUT2D eigenvalue weighted by Crippen LogP contribution is 2.22. The van der Waals surface area contributed by atoms with Crippen molar-refractivity contribution in [3.05, 3.63) is 34.6 Å². The van der Waals surface area contributed by atoms with E-state index in [0.717, 1.165) is 26.1 Å². The highest BCUT2D eigenvalue weighted by molar-refractivity contribution is 7.89. The van der Waals surface area contributed by atoms with Crippen molar-refractivity contribution < 1.29 is 12.8 Å². The molecule has 2 N–H and O–H groups in total. The van der Waals surface area contributed by atoms with Crippen LogP contribution in [-0.4, -0.2) is 49.7 Å². The second-order valence-corrected chi connectivity index (χ2v) is 8.42. The van der Waals surface area contributed by atoms with Crippen LogP contribution in [0.4, 0.5) is 0 Å². The van der Waals surface area contributed by atoms with Gasteiger partial charge in [0.15, 0.2) is 5.76 Å². The van der Waals surface area contributed by atoms with E-state index in [0.29, 0.717) is 18.2 Å². The van der Waals surface area contributed by atoms with E-state index in [1.165, 1.54) is 37.1 Å². The van der Waals surface area contributed by atoms with Crippen molar-refractivity contribution in [2.75, 3.05) is 26.2 Å². The lowest BCUT2D eigenvalue weighted by Crippen LogP contribution is -2.36. The summed E-state index contributed by atoms with van der Waals surface area (Å²) in [5.41, 5.74) is 0.0307. The number of H-pyrrole nitrogens is 1. The van der Waals surface area contributed by atoms with Crippen LogP contribution in [-0.2, 0) is 10.0 Å². The normalized spacial score (nSPS) is 18.9. The quantitative estimate of drug-likeness (QED) is 0.704. The summed E-state index contributed by atoms with van der Waals surface area (Å²) in [5.74, 6) is 0.993. The molecule has 1 aliphatic rings. The summed E-state index contributed by atoms with van der Waals surface area (Å²) in [6.45, 7) is 5.67. The Bertz CT molecular complexity index is 870. The van der Waals surface area contributed by atoms with E-state index in [1.54, 1.807) is 0 Å². The number of aromatic nitrogens is 2. The first-order chi connectivity index (χ1) is 12.4. The van der Waals surface area contributed by atoms with E-state index in [4.69, 9.17) is 4.42 Å². The van der Waals surface area contributed by atoms with Crippen LogP contribution in [0.15, 0.2) is 38.6 Å². The number of sulfonamides is 1. The van der Waals surface area contributed by atoms with Crippen molar-refractivity contribution in [1.29, 1.82) is 0 Å². The maximum atomic E-state index is 12.3. The Balaban J connectivity index is 1.53. The second-order valence-electron chi connectivity index (χ2n) is 6.72. The summed E-state index contributed by atoms with van der Waals surface area (Å²) in [4.78, 5) is 13.4. The fourth-order valence-electron chi connectivity index (χ4n) is 3.15. The Morgan fingerprint density at radius 1 is 1.35 bits per heavy atom. The Morgan fingerprint density at radius 3 is 2.92 bits per heavy atom. The van der Waals surface area contributed by atoms with Gasteiger partial charge in [0.2, 0.25) is 5.09 Å². The molecule has 0 bridgehead atoms. The minimum atomic E-state index is -3.70. The zero-order valence-corrected chi connectivity index (χ0v) is 15.6. The van der Waals surface area contributed by atoms with Crippen LogP contribution < -0.4 is 10.3 Å². The van der Waals surface area contributed by atoms with Gasteiger partial charge in [0.05, 0.1) is 0 Å². The van der Waals surface area contributed by atoms with Crippen molar-refractivity contribution >= 4 is 10.0 Å². The smallest absolute Gasteiger partial charge is 0.273 e. The first kappa shape index (κ1) is 18.8. The number of likely N-dealkylation sites (tertiary alicyclic amines) is 1. The SMILES string of the molecule is C[C@H]1CCCN(CCCNS(=O)(=O)c2ccc(-c3ccc(=O)[nH]n3)o2)C1. The van der Waals surface area contributed by atoms with Crippen molar-refractivity contribution in [1.82, 2.24) is 19.8 Å². The Kier molecular flexibility index (Phi) is 5.90. The molecule has 9 heteroatoms. The van der Waals surface area contributed by atoms with Crippen LogP contribution in [0.2, 0.25) is 0 Å². The van der Waals surface area contributed by atoms with E-state index >= 15 is 0 Å². The first-order valence-corrected chi connectivity index (χ1v) is 10.3. The number of rotatable bonds is 7. The standard InChI is InChI=1S/C17H24N4O4S/c1-13-4-2-10-21(12-13)11-3-9-18-26(23,24)17-8-6-15(25-17)14-5-7-16(22)20-19-14/h5-8,13,18H,2-4,9-12H2,1H3,(H,20,22)/t13-/m0/s1. The monoisotopic (exact) mass is 380 g/mol. The number of furan rings is 1. The van der Waals surface area contributed by atoms with Crippen LogP contribution >= 0.6 is 0 Å². The molecule has 0 spiro atoms. The highest BCUT2D eigenvalue weighted by atomic mass is 32.2. The number of aromatic amines is 1. The lowest BCUT2D eigenvalue weighted by atomic mass is 10.0. The van der Waals surface area contributed by atoms with Gasteiger partial charge in [-0.05, 0) is 56.5 Å². The Hall–Kier alpha value is -1.97. The molecule has 2 aromatic heterocycles. The Morgan fingerprint density at radius 2 is 2.19 bits per heavy atom. The summed E-state index contributed by atoms with van der Waals surface area (Å²) in [7, 11) is -3.70. The van der Waals surface area contributed by atoms with Crippen LogP contribution in [0.3, 0.4) is 0 Å². The molecule has 0 saturated carbocycles. The van der Waals surface area contributed by atoms with Gasteiger partial charge < -0.3 is 9.32 Å². The molecule has 1 aliphatic heterocycles. The fourth-order valence-corrected chi connectivity index (χ4v) is 4.16. The molecule has 0 aromatic carbocycles. The molecule has 0 radical (unpaired) electrons. The number of nitrogens with one attached hydrogen (secondary N) is 2. The number of nitrogens with zero attached hydrogens (tertiary/aromatic N) is 2. The molecular formula is C17H24N4O4S. The van der Waals surface area contributed by atoms with Crippen molar-refractivity contribution in [2.24, 2.45) is 5.92 Å². The third-order valence-electron chi connectivity index (χ3n) is 4.46. The topological polar surface area (TPSA) is 108 Å². The number of hydrogen-bond donors (Lipinski definition) is 2. The zero-order chi connectivity index (χ0) is 18.6. The van der Waals surface area contributed by atoms with E-state index < -0.39 is 10.0 Å². The van der Waals surface area contributed by atoms with Crippen molar-refractivity contribution in [3.8, 4) is 11.5 Å². The Labute approximate surface area is 152 Å². The summed E-state index contributed by atoms with van der Waals surface area (Å²) >= 11 is 0. The third-order valence-corrected chi connectivity index (χ3v) is 5.80. The second kappa shape index (κ2) is 8.15. The van der Waals surface area contributed by atoms with Gasteiger partial charge in [0.25, 0.3) is 15.6 Å². The minimum Gasteiger partial charge on any atom is -0.442 e. The van der Waals surface area contributed by atoms with E-state index in [-0.39, 0.29) is 16.4 Å². The van der Waals surface area contributed by atoms with Gasteiger partial charge in [-0.3, -0.25) is 4.79 Å². The molecule has 0 unspecified atom stereocenters. The summed E-state index contributed by atoms with van der Waals surface area (Å²) in [6.07, 6.45) is 3.23. The molecule has 2 aromatic rings. The van der Waals surface area contributed by atoms with Crippen LogP contribution in [0.25, 0.3) is 11.5 Å². The average molecular weight is 380 g/mol. The molecule has 0 aliphatic carbocycles. The van der Waals surface area contributed by atoms with Crippen LogP contribution in [0.1, 0.15) is 26.2 Å². The summed E-state index contributed by atoms with van der Waals surface area (Å²) in [6, 6.07) is 5.68. The lowest BCUT2D eigenvalue weighted by Gasteiger charge is -2.30. The van der Waals surface area contributed by atoms with E-state index in [2.05, 4.69) is 26.7 Å². The predicted molar refractivity (Wildman–Crippen MR) is 97.2 cm³/mol. The molecule has 8 nitrogen and oxygen atoms in total. The zero-order valence-electron chi connectivity index (χ0n) is 14.8. The maximum absolute atomic E-state index is 12.3. The molecule has 26 heavy (non-hydrogen) atoms. The van der Waals surface area contributed by atoms with Crippen molar-refractivity contribution in [2.45, 2.75) is 31.3 Å². The largest absolute Gasteiger partial charge is 0.442 e. The minimum absolute atomic E-state index is 0.160.